The number of carbonyl (C=O) groups is 1. The molecule has 3 rings (SSSR count). The molecule has 0 radical (unpaired) electrons. The van der Waals surface area contributed by atoms with Gasteiger partial charge in [-0.3, -0.25) is 4.79 Å². The van der Waals surface area contributed by atoms with Gasteiger partial charge >= 0.3 is 0 Å². The third kappa shape index (κ3) is 3.19. The number of halogens is 2. The van der Waals surface area contributed by atoms with Crippen molar-refractivity contribution < 1.29 is 22.0 Å². The Morgan fingerprint density at radius 2 is 2.04 bits per heavy atom. The van der Waals surface area contributed by atoms with Gasteiger partial charge in [-0.2, -0.15) is 4.99 Å². The molecule has 2 aliphatic heterocycles. The Labute approximate surface area is 143 Å². The van der Waals surface area contributed by atoms with Crippen molar-refractivity contribution in [3.8, 4) is 0 Å². The molecule has 0 N–H and O–H groups in total. The summed E-state index contributed by atoms with van der Waals surface area (Å²) in [6.45, 7) is 3.39. The van der Waals surface area contributed by atoms with E-state index in [2.05, 4.69) is 4.99 Å². The molecule has 0 aromatic heterocycles. The summed E-state index contributed by atoms with van der Waals surface area (Å²) in [5.74, 6) is -2.43. The number of rotatable bonds is 2. The van der Waals surface area contributed by atoms with E-state index in [1.165, 1.54) is 11.0 Å². The number of sulfone groups is 1. The average Bonchev–Trinajstić information content (AvgIpc) is 2.91. The highest BCUT2D eigenvalue weighted by atomic mass is 32.2. The lowest BCUT2D eigenvalue weighted by molar-refractivity contribution is -0.120. The fraction of sp³-hybridized carbons (Fsp3) is 0.467. The Balaban J connectivity index is 2.06. The molecule has 0 spiro atoms. The Hall–Kier alpha value is -1.48. The second-order valence-electron chi connectivity index (χ2n) is 6.15. The summed E-state index contributed by atoms with van der Waals surface area (Å²) < 4.78 is 51.2. The van der Waals surface area contributed by atoms with E-state index in [1.807, 2.05) is 0 Å². The molecule has 1 aromatic rings. The number of fused-ring (bicyclic) bond motifs is 1. The number of thioether (sulfide) groups is 1. The molecule has 130 valence electrons. The van der Waals surface area contributed by atoms with Crippen LogP contribution in [0.1, 0.15) is 13.8 Å². The fourth-order valence-corrected chi connectivity index (χ4v) is 6.66. The maximum atomic E-state index is 14.2. The summed E-state index contributed by atoms with van der Waals surface area (Å²) in [6, 6.07) is 2.56. The molecular weight excluding hydrogens is 358 g/mol. The molecule has 5 nitrogen and oxygen atoms in total. The predicted molar refractivity (Wildman–Crippen MR) is 89.9 cm³/mol. The van der Waals surface area contributed by atoms with Crippen LogP contribution in [0, 0.1) is 17.6 Å². The topological polar surface area (TPSA) is 66.8 Å². The van der Waals surface area contributed by atoms with Crippen LogP contribution in [0.3, 0.4) is 0 Å². The molecule has 1 aromatic carbocycles. The van der Waals surface area contributed by atoms with Gasteiger partial charge in [0.1, 0.15) is 11.6 Å². The Bertz CT molecular complexity index is 824. The number of aliphatic imine (C=N–C) groups is 1. The van der Waals surface area contributed by atoms with Gasteiger partial charge in [-0.15, -0.1) is 0 Å². The van der Waals surface area contributed by atoms with E-state index in [0.29, 0.717) is 0 Å². The number of hydrogen-bond donors (Lipinski definition) is 0. The quantitative estimate of drug-likeness (QED) is 0.794. The van der Waals surface area contributed by atoms with Gasteiger partial charge in [0.2, 0.25) is 0 Å². The molecule has 0 saturated carbocycles. The van der Waals surface area contributed by atoms with Gasteiger partial charge in [0, 0.05) is 17.2 Å². The van der Waals surface area contributed by atoms with Crippen LogP contribution >= 0.6 is 11.8 Å². The van der Waals surface area contributed by atoms with Crippen molar-refractivity contribution in [2.75, 3.05) is 16.4 Å². The molecule has 2 saturated heterocycles. The first-order valence-electron chi connectivity index (χ1n) is 7.42. The molecular formula is C15H16F2N2O3S2. The molecule has 2 heterocycles. The van der Waals surface area contributed by atoms with E-state index in [1.54, 1.807) is 13.8 Å². The van der Waals surface area contributed by atoms with E-state index < -0.39 is 27.5 Å². The van der Waals surface area contributed by atoms with Crippen molar-refractivity contribution in [3.63, 3.8) is 0 Å². The summed E-state index contributed by atoms with van der Waals surface area (Å²) in [4.78, 5) is 17.4. The van der Waals surface area contributed by atoms with Crippen molar-refractivity contribution in [1.82, 2.24) is 0 Å². The van der Waals surface area contributed by atoms with Crippen LogP contribution in [0.4, 0.5) is 14.5 Å². The highest BCUT2D eigenvalue weighted by Crippen LogP contribution is 2.41. The number of amides is 1. The van der Waals surface area contributed by atoms with E-state index in [4.69, 9.17) is 0 Å². The molecule has 0 aliphatic carbocycles. The van der Waals surface area contributed by atoms with Crippen molar-refractivity contribution in [3.05, 3.63) is 29.8 Å². The van der Waals surface area contributed by atoms with E-state index in [-0.39, 0.29) is 39.4 Å². The second kappa shape index (κ2) is 6.11. The number of hydrogen-bond acceptors (Lipinski definition) is 4. The summed E-state index contributed by atoms with van der Waals surface area (Å²) in [5.41, 5.74) is 0.0313. The third-order valence-electron chi connectivity index (χ3n) is 3.94. The van der Waals surface area contributed by atoms with Gasteiger partial charge < -0.3 is 4.90 Å². The smallest absolute Gasteiger partial charge is 0.250 e. The van der Waals surface area contributed by atoms with Crippen LogP contribution in [0.15, 0.2) is 23.2 Å². The predicted octanol–water partition coefficient (Wildman–Crippen LogP) is 2.22. The Morgan fingerprint density at radius 1 is 1.33 bits per heavy atom. The zero-order chi connectivity index (χ0) is 17.6. The summed E-state index contributed by atoms with van der Waals surface area (Å²) in [6.07, 6.45) is 0. The van der Waals surface area contributed by atoms with Gasteiger partial charge in [0.15, 0.2) is 15.0 Å². The van der Waals surface area contributed by atoms with Crippen LogP contribution in [-0.4, -0.2) is 42.3 Å². The molecule has 2 fully saturated rings. The van der Waals surface area contributed by atoms with Crippen LogP contribution in [-0.2, 0) is 14.6 Å². The molecule has 24 heavy (non-hydrogen) atoms. The van der Waals surface area contributed by atoms with Crippen LogP contribution in [0.25, 0.3) is 0 Å². The summed E-state index contributed by atoms with van der Waals surface area (Å²) in [7, 11) is -3.23. The van der Waals surface area contributed by atoms with Crippen LogP contribution in [0.2, 0.25) is 0 Å². The SMILES string of the molecule is CC(C)C(=O)N=C1S[C@@H]2CS(=O)(=O)C[C@@H]2N1c1ccc(F)cc1F. The van der Waals surface area contributed by atoms with Gasteiger partial charge in [-0.25, -0.2) is 17.2 Å². The molecule has 2 aliphatic rings. The normalized spacial score (nSPS) is 27.0. The summed E-state index contributed by atoms with van der Waals surface area (Å²) >= 11 is 1.16. The standard InChI is InChI=1S/C15H16F2N2O3S2/c1-8(2)14(20)18-15-19(11-4-3-9(16)5-10(11)17)12-6-24(21,22)7-13(12)23-15/h3-5,8,12-13H,6-7H2,1-2H3/t12-,13+/m0/s1. The minimum absolute atomic E-state index is 0.0313. The van der Waals surface area contributed by atoms with Gasteiger partial charge in [-0.05, 0) is 12.1 Å². The van der Waals surface area contributed by atoms with Crippen molar-refractivity contribution in [2.24, 2.45) is 10.9 Å². The monoisotopic (exact) mass is 374 g/mol. The van der Waals surface area contributed by atoms with Crippen LogP contribution in [0.5, 0.6) is 0 Å². The number of anilines is 1. The Morgan fingerprint density at radius 3 is 2.67 bits per heavy atom. The lowest BCUT2D eigenvalue weighted by Crippen LogP contribution is -2.38. The minimum atomic E-state index is -3.23. The number of carbonyl (C=O) groups excluding carboxylic acids is 1. The molecule has 1 amide bonds. The molecule has 9 heteroatoms. The first-order chi connectivity index (χ1) is 11.2. The zero-order valence-electron chi connectivity index (χ0n) is 13.1. The summed E-state index contributed by atoms with van der Waals surface area (Å²) in [5, 5.41) is -0.0535. The first kappa shape index (κ1) is 17.3. The van der Waals surface area contributed by atoms with E-state index >= 15 is 0 Å². The maximum absolute atomic E-state index is 14.2. The van der Waals surface area contributed by atoms with Crippen molar-refractivity contribution >= 4 is 38.4 Å². The van der Waals surface area contributed by atoms with Crippen LogP contribution < -0.4 is 4.90 Å². The highest BCUT2D eigenvalue weighted by molar-refractivity contribution is 8.16. The molecule has 2 atom stereocenters. The zero-order valence-corrected chi connectivity index (χ0v) is 14.7. The number of benzene rings is 1. The first-order valence-corrected chi connectivity index (χ1v) is 10.1. The molecule has 0 bridgehead atoms. The average molecular weight is 374 g/mol. The van der Waals surface area contributed by atoms with E-state index in [9.17, 15) is 22.0 Å². The second-order valence-corrected chi connectivity index (χ2v) is 9.51. The number of amidine groups is 1. The number of nitrogens with zero attached hydrogens (tertiary/aromatic N) is 2. The molecule has 0 unspecified atom stereocenters. The Kier molecular flexibility index (Phi) is 4.41. The van der Waals surface area contributed by atoms with Crippen molar-refractivity contribution in [1.29, 1.82) is 0 Å². The fourth-order valence-electron chi connectivity index (χ4n) is 2.75. The van der Waals surface area contributed by atoms with Crippen molar-refractivity contribution in [2.45, 2.75) is 25.1 Å². The minimum Gasteiger partial charge on any atom is -0.313 e. The lowest BCUT2D eigenvalue weighted by atomic mass is 10.2. The van der Waals surface area contributed by atoms with Gasteiger partial charge in [-0.1, -0.05) is 25.6 Å². The van der Waals surface area contributed by atoms with Gasteiger partial charge in [0.05, 0.1) is 23.2 Å². The maximum Gasteiger partial charge on any atom is 0.250 e. The highest BCUT2D eigenvalue weighted by Gasteiger charge is 2.50. The van der Waals surface area contributed by atoms with E-state index in [0.717, 1.165) is 23.9 Å². The lowest BCUT2D eigenvalue weighted by Gasteiger charge is -2.25. The largest absolute Gasteiger partial charge is 0.313 e. The van der Waals surface area contributed by atoms with Gasteiger partial charge in [0.25, 0.3) is 5.91 Å². The third-order valence-corrected chi connectivity index (χ3v) is 7.15.